The molecule has 8 bridgehead atoms. The van der Waals surface area contributed by atoms with Gasteiger partial charge in [0.25, 0.3) is 0 Å². The summed E-state index contributed by atoms with van der Waals surface area (Å²) in [5.41, 5.74) is 6.71. The highest BCUT2D eigenvalue weighted by Crippen LogP contribution is 2.35. The molecule has 1 aromatic carbocycles. The summed E-state index contributed by atoms with van der Waals surface area (Å²) in [6.45, 7) is 2.12. The molecule has 31 heavy (non-hydrogen) atoms. The summed E-state index contributed by atoms with van der Waals surface area (Å²) in [6.07, 6.45) is 15.1. The lowest BCUT2D eigenvalue weighted by Crippen LogP contribution is -2.22. The van der Waals surface area contributed by atoms with Crippen molar-refractivity contribution in [3.8, 4) is 0 Å². The zero-order chi connectivity index (χ0) is 20.8. The SMILES string of the molecule is Cc1ccc(/C2=C3\C=CC(=N3)/C=c3/cc/c([nH]3)=C/C3C=C/C(=C/c4ccc2s4)N3)cc1. The molecule has 3 nitrogen and oxygen atoms in total. The van der Waals surface area contributed by atoms with Crippen molar-refractivity contribution in [2.24, 2.45) is 4.99 Å². The van der Waals surface area contributed by atoms with E-state index in [-0.39, 0.29) is 6.04 Å². The molecule has 1 unspecified atom stereocenters. The number of nitrogens with zero attached hydrogens (tertiary/aromatic N) is 1. The minimum absolute atomic E-state index is 0.184. The lowest BCUT2D eigenvalue weighted by Gasteiger charge is -2.08. The smallest absolute Gasteiger partial charge is 0.0730 e. The van der Waals surface area contributed by atoms with Crippen LogP contribution in [0.5, 0.6) is 0 Å². The Balaban J connectivity index is 1.58. The monoisotopic (exact) mass is 419 g/mol. The molecule has 0 fully saturated rings. The molecule has 4 heteroatoms. The Hall–Kier alpha value is -3.63. The van der Waals surface area contributed by atoms with E-state index >= 15 is 0 Å². The number of aliphatic imine (C=N–C) groups is 1. The van der Waals surface area contributed by atoms with Crippen molar-refractivity contribution in [2.75, 3.05) is 0 Å². The van der Waals surface area contributed by atoms with E-state index < -0.39 is 0 Å². The first kappa shape index (κ1) is 18.2. The van der Waals surface area contributed by atoms with Gasteiger partial charge in [0.15, 0.2) is 0 Å². The van der Waals surface area contributed by atoms with Gasteiger partial charge in [0.05, 0.1) is 17.5 Å². The average molecular weight is 420 g/mol. The van der Waals surface area contributed by atoms with Gasteiger partial charge in [0.1, 0.15) is 0 Å². The summed E-state index contributed by atoms with van der Waals surface area (Å²) in [5.74, 6) is 0. The zero-order valence-corrected chi connectivity index (χ0v) is 17.9. The van der Waals surface area contributed by atoms with Crippen molar-refractivity contribution in [1.29, 1.82) is 0 Å². The van der Waals surface area contributed by atoms with Gasteiger partial charge < -0.3 is 10.3 Å². The van der Waals surface area contributed by atoms with E-state index in [1.807, 2.05) is 0 Å². The number of nitrogens with one attached hydrogen (secondary N) is 2. The van der Waals surface area contributed by atoms with E-state index in [0.717, 1.165) is 27.8 Å². The highest BCUT2D eigenvalue weighted by molar-refractivity contribution is 7.14. The molecule has 150 valence electrons. The quantitative estimate of drug-likeness (QED) is 0.607. The van der Waals surface area contributed by atoms with E-state index in [1.54, 1.807) is 11.3 Å². The summed E-state index contributed by atoms with van der Waals surface area (Å²) in [4.78, 5) is 10.9. The molecule has 0 radical (unpaired) electrons. The first-order valence-electron chi connectivity index (χ1n) is 10.4. The van der Waals surface area contributed by atoms with Crippen molar-refractivity contribution in [2.45, 2.75) is 13.0 Å². The van der Waals surface area contributed by atoms with Crippen molar-refractivity contribution >= 4 is 40.8 Å². The van der Waals surface area contributed by atoms with Gasteiger partial charge in [0.2, 0.25) is 0 Å². The lowest BCUT2D eigenvalue weighted by molar-refractivity contribution is 0.880. The number of hydrogen-bond donors (Lipinski definition) is 2. The van der Waals surface area contributed by atoms with Gasteiger partial charge in [-0.25, -0.2) is 4.99 Å². The van der Waals surface area contributed by atoms with Crippen LogP contribution in [0.3, 0.4) is 0 Å². The van der Waals surface area contributed by atoms with Gasteiger partial charge in [-0.05, 0) is 73.2 Å². The predicted molar refractivity (Wildman–Crippen MR) is 131 cm³/mol. The third-order valence-electron chi connectivity index (χ3n) is 5.64. The summed E-state index contributed by atoms with van der Waals surface area (Å²) in [5, 5.41) is 5.72. The molecular formula is C27H21N3S. The van der Waals surface area contributed by atoms with E-state index in [2.05, 4.69) is 108 Å². The lowest BCUT2D eigenvalue weighted by atomic mass is 10.0. The molecule has 3 aromatic rings. The van der Waals surface area contributed by atoms with Crippen molar-refractivity contribution in [3.05, 3.63) is 116 Å². The third kappa shape index (κ3) is 3.56. The predicted octanol–water partition coefficient (Wildman–Crippen LogP) is 4.30. The molecule has 1 atom stereocenters. The minimum atomic E-state index is 0.184. The van der Waals surface area contributed by atoms with Gasteiger partial charge in [-0.1, -0.05) is 35.9 Å². The molecule has 5 heterocycles. The van der Waals surface area contributed by atoms with E-state index in [0.29, 0.717) is 0 Å². The van der Waals surface area contributed by atoms with E-state index in [1.165, 1.54) is 26.5 Å². The van der Waals surface area contributed by atoms with E-state index in [9.17, 15) is 0 Å². The minimum Gasteiger partial charge on any atom is -0.375 e. The topological polar surface area (TPSA) is 40.2 Å². The molecule has 0 saturated carbocycles. The maximum Gasteiger partial charge on any atom is 0.0730 e. The Bertz CT molecular complexity index is 1450. The normalized spacial score (nSPS) is 25.1. The number of benzene rings is 1. The van der Waals surface area contributed by atoms with E-state index in [4.69, 9.17) is 4.99 Å². The van der Waals surface area contributed by atoms with Crippen LogP contribution in [-0.4, -0.2) is 16.7 Å². The number of H-pyrrole nitrogens is 1. The Morgan fingerprint density at radius 1 is 0.871 bits per heavy atom. The molecule has 3 aliphatic rings. The van der Waals surface area contributed by atoms with Gasteiger partial charge >= 0.3 is 0 Å². The molecule has 0 aliphatic carbocycles. The second-order valence-electron chi connectivity index (χ2n) is 8.01. The van der Waals surface area contributed by atoms with Crippen LogP contribution in [0.1, 0.15) is 20.9 Å². The number of fused-ring (bicyclic) bond motifs is 7. The fourth-order valence-electron chi connectivity index (χ4n) is 4.10. The van der Waals surface area contributed by atoms with Crippen LogP contribution in [0.25, 0.3) is 23.8 Å². The Labute approximate surface area is 184 Å². The Morgan fingerprint density at radius 3 is 2.65 bits per heavy atom. The first-order valence-corrected chi connectivity index (χ1v) is 11.2. The molecule has 0 amide bonds. The Kier molecular flexibility index (Phi) is 4.25. The summed E-state index contributed by atoms with van der Waals surface area (Å²) >= 11 is 1.80. The molecule has 2 N–H and O–H groups in total. The highest BCUT2D eigenvalue weighted by Gasteiger charge is 2.16. The zero-order valence-electron chi connectivity index (χ0n) is 17.1. The van der Waals surface area contributed by atoms with Gasteiger partial charge in [-0.2, -0.15) is 0 Å². The van der Waals surface area contributed by atoms with Crippen LogP contribution >= 0.6 is 11.3 Å². The second-order valence-corrected chi connectivity index (χ2v) is 9.12. The third-order valence-corrected chi connectivity index (χ3v) is 6.69. The molecule has 0 saturated heterocycles. The average Bonchev–Trinajstić information content (AvgIpc) is 3.55. The largest absolute Gasteiger partial charge is 0.375 e. The fraction of sp³-hybridized carbons (Fsp3) is 0.0741. The molecule has 2 aromatic heterocycles. The number of allylic oxidation sites excluding steroid dienone is 3. The standard InChI is InChI=1S/C27H21N3S/c1-17-2-4-18(5-3-17)27-25-12-10-22(30-25)15-21-7-6-19(28-21)14-20-8-9-23(29-20)16-24-11-13-26(27)31-24/h2-16,20,28-29H,1H3/b19-14-,21-15-,23-16-,27-25-. The highest BCUT2D eigenvalue weighted by atomic mass is 32.1. The van der Waals surface area contributed by atoms with Gasteiger partial charge in [0, 0.05) is 31.7 Å². The van der Waals surface area contributed by atoms with Crippen LogP contribution in [0.2, 0.25) is 0 Å². The molecule has 0 spiro atoms. The van der Waals surface area contributed by atoms with Crippen LogP contribution in [0.4, 0.5) is 0 Å². The summed E-state index contributed by atoms with van der Waals surface area (Å²) < 4.78 is 0. The van der Waals surface area contributed by atoms with Crippen molar-refractivity contribution in [3.63, 3.8) is 0 Å². The number of rotatable bonds is 1. The van der Waals surface area contributed by atoms with Crippen molar-refractivity contribution < 1.29 is 0 Å². The molecule has 3 aliphatic heterocycles. The molecular weight excluding hydrogens is 398 g/mol. The van der Waals surface area contributed by atoms with Crippen LogP contribution in [0.15, 0.2) is 89.2 Å². The van der Waals surface area contributed by atoms with Gasteiger partial charge in [-0.15, -0.1) is 11.3 Å². The maximum absolute atomic E-state index is 4.97. The second kappa shape index (κ2) is 7.25. The number of aromatic amines is 1. The first-order chi connectivity index (χ1) is 15.2. The number of aromatic nitrogens is 1. The summed E-state index contributed by atoms with van der Waals surface area (Å²) in [6, 6.07) is 17.5. The number of hydrogen-bond acceptors (Lipinski definition) is 3. The Morgan fingerprint density at radius 2 is 1.74 bits per heavy atom. The van der Waals surface area contributed by atoms with Crippen LogP contribution < -0.4 is 16.0 Å². The van der Waals surface area contributed by atoms with Crippen LogP contribution in [0, 0.1) is 6.92 Å². The number of aryl methyl sites for hydroxylation is 1. The summed E-state index contributed by atoms with van der Waals surface area (Å²) in [7, 11) is 0. The molecule has 6 rings (SSSR count). The maximum atomic E-state index is 4.97. The van der Waals surface area contributed by atoms with Crippen molar-refractivity contribution in [1.82, 2.24) is 10.3 Å². The van der Waals surface area contributed by atoms with Crippen LogP contribution in [-0.2, 0) is 0 Å². The number of thiophene rings is 1. The fourth-order valence-corrected chi connectivity index (χ4v) is 5.14. The van der Waals surface area contributed by atoms with Gasteiger partial charge in [-0.3, -0.25) is 0 Å².